The summed E-state index contributed by atoms with van der Waals surface area (Å²) < 4.78 is 77.8. The van der Waals surface area contributed by atoms with E-state index >= 15 is 0 Å². The molecule has 25 heavy (non-hydrogen) atoms. The second-order valence-corrected chi connectivity index (χ2v) is 7.12. The Kier molecular flexibility index (Phi) is 5.27. The average Bonchev–Trinajstić information content (AvgIpc) is 3.19. The van der Waals surface area contributed by atoms with E-state index in [1.165, 1.54) is 4.58 Å². The van der Waals surface area contributed by atoms with Crippen LogP contribution in [0, 0.1) is 0 Å². The van der Waals surface area contributed by atoms with Gasteiger partial charge in [-0.15, -0.1) is 0 Å². The predicted octanol–water partition coefficient (Wildman–Crippen LogP) is 2.75. The highest BCUT2D eigenvalue weighted by atomic mass is 32.2. The van der Waals surface area contributed by atoms with Crippen LogP contribution in [0.2, 0.25) is 0 Å². The van der Waals surface area contributed by atoms with Crippen LogP contribution >= 0.6 is 11.8 Å². The number of carbonyl (C=O) groups is 1. The fourth-order valence-corrected chi connectivity index (χ4v) is 4.07. The van der Waals surface area contributed by atoms with Gasteiger partial charge in [0.1, 0.15) is 0 Å². The molecule has 0 spiro atoms. The van der Waals surface area contributed by atoms with Gasteiger partial charge in [-0.1, -0.05) is 0 Å². The lowest BCUT2D eigenvalue weighted by molar-refractivity contribution is -0.610. The molecular formula is C14H18F5N2O3S+. The molecule has 0 N–H and O–H groups in total. The summed E-state index contributed by atoms with van der Waals surface area (Å²) in [4.78, 5) is 13.3. The Balaban J connectivity index is 1.99. The molecule has 2 unspecified atom stereocenters. The number of hydrogen-bond acceptors (Lipinski definition) is 4. The second-order valence-electron chi connectivity index (χ2n) is 6.04. The van der Waals surface area contributed by atoms with Crippen LogP contribution in [0.3, 0.4) is 0 Å². The molecule has 3 heterocycles. The lowest BCUT2D eigenvalue weighted by Crippen LogP contribution is -2.54. The van der Waals surface area contributed by atoms with Gasteiger partial charge in [-0.05, 0) is 12.8 Å². The Morgan fingerprint density at radius 2 is 1.76 bits per heavy atom. The van der Waals surface area contributed by atoms with E-state index in [0.717, 1.165) is 4.90 Å². The van der Waals surface area contributed by atoms with Gasteiger partial charge in [0.2, 0.25) is 6.23 Å². The van der Waals surface area contributed by atoms with Crippen molar-refractivity contribution in [3.05, 3.63) is 0 Å². The van der Waals surface area contributed by atoms with E-state index in [4.69, 9.17) is 9.47 Å². The van der Waals surface area contributed by atoms with Gasteiger partial charge in [0.15, 0.2) is 6.23 Å². The van der Waals surface area contributed by atoms with Crippen LogP contribution in [-0.2, 0) is 14.3 Å². The van der Waals surface area contributed by atoms with Crippen LogP contribution in [0.1, 0.15) is 32.1 Å². The summed E-state index contributed by atoms with van der Waals surface area (Å²) in [5, 5.41) is -5.45. The molecule has 0 bridgehead atoms. The second kappa shape index (κ2) is 6.99. The third-order valence-corrected chi connectivity index (χ3v) is 5.39. The Hall–Kier alpha value is -0.940. The van der Waals surface area contributed by atoms with E-state index in [1.54, 1.807) is 0 Å². The van der Waals surface area contributed by atoms with Gasteiger partial charge in [-0.25, -0.2) is 9.37 Å². The number of hydrogen-bond donors (Lipinski definition) is 0. The number of ether oxygens (including phenoxy) is 2. The molecule has 0 aromatic carbocycles. The SMILES string of the molecule is O=C1CC[N+](C2CCCO2)=C(SC(F)(F)C(F)(F)F)N1C1CCCO1. The molecule has 2 fully saturated rings. The smallest absolute Gasteiger partial charge is 0.340 e. The Morgan fingerprint density at radius 1 is 1.08 bits per heavy atom. The van der Waals surface area contributed by atoms with Crippen molar-refractivity contribution in [2.45, 2.75) is 56.0 Å². The summed E-state index contributed by atoms with van der Waals surface area (Å²) in [5.41, 5.74) is 0. The van der Waals surface area contributed by atoms with Gasteiger partial charge in [0, 0.05) is 24.6 Å². The molecule has 2 saturated heterocycles. The third-order valence-electron chi connectivity index (χ3n) is 4.28. The molecular weight excluding hydrogens is 371 g/mol. The summed E-state index contributed by atoms with van der Waals surface area (Å²) in [6.07, 6.45) is -4.93. The number of rotatable bonds is 3. The maximum atomic E-state index is 13.7. The molecule has 1 amide bonds. The zero-order valence-electron chi connectivity index (χ0n) is 13.2. The number of alkyl halides is 5. The third kappa shape index (κ3) is 3.77. The monoisotopic (exact) mass is 389 g/mol. The highest BCUT2D eigenvalue weighted by Gasteiger charge is 2.62. The van der Waals surface area contributed by atoms with Crippen molar-refractivity contribution >= 4 is 22.8 Å². The van der Waals surface area contributed by atoms with Gasteiger partial charge < -0.3 is 9.47 Å². The van der Waals surface area contributed by atoms with E-state index in [-0.39, 0.29) is 13.0 Å². The minimum atomic E-state index is -5.73. The number of carbonyl (C=O) groups excluding carboxylic acids is 1. The van der Waals surface area contributed by atoms with Gasteiger partial charge in [-0.3, -0.25) is 0 Å². The fraction of sp³-hybridized carbons (Fsp3) is 0.857. The summed E-state index contributed by atoms with van der Waals surface area (Å²) >= 11 is -0.647. The van der Waals surface area contributed by atoms with Crippen molar-refractivity contribution in [3.63, 3.8) is 0 Å². The molecule has 5 nitrogen and oxygen atoms in total. The number of amides is 1. The molecule has 3 aliphatic heterocycles. The van der Waals surface area contributed by atoms with Crippen molar-refractivity contribution in [3.8, 4) is 0 Å². The number of amidine groups is 1. The molecule has 142 valence electrons. The minimum Gasteiger partial charge on any atom is -0.340 e. The first kappa shape index (κ1) is 18.8. The molecule has 3 aliphatic rings. The van der Waals surface area contributed by atoms with Crippen molar-refractivity contribution in [2.24, 2.45) is 0 Å². The molecule has 0 saturated carbocycles. The number of thioether (sulfide) groups is 1. The lowest BCUT2D eigenvalue weighted by atomic mass is 10.2. The molecule has 2 atom stereocenters. The molecule has 0 radical (unpaired) electrons. The maximum absolute atomic E-state index is 13.7. The van der Waals surface area contributed by atoms with E-state index in [1.807, 2.05) is 0 Å². The highest BCUT2D eigenvalue weighted by Crippen LogP contribution is 2.46. The summed E-state index contributed by atoms with van der Waals surface area (Å²) in [6.45, 7) is 0.785. The first-order valence-corrected chi connectivity index (χ1v) is 8.85. The Morgan fingerprint density at radius 3 is 2.32 bits per heavy atom. The first-order chi connectivity index (χ1) is 11.7. The van der Waals surface area contributed by atoms with E-state index in [0.29, 0.717) is 38.9 Å². The zero-order chi connectivity index (χ0) is 18.2. The topological polar surface area (TPSA) is 41.8 Å². The average molecular weight is 389 g/mol. The van der Waals surface area contributed by atoms with Crippen LogP contribution in [0.15, 0.2) is 0 Å². The molecule has 0 aliphatic carbocycles. The van der Waals surface area contributed by atoms with Crippen molar-refractivity contribution < 1.29 is 40.8 Å². The van der Waals surface area contributed by atoms with Crippen LogP contribution < -0.4 is 0 Å². The standard InChI is InChI=1S/C14H18F5N2O3S/c15-13(16,17)14(18,19)25-12-20(10-3-1-7-23-10)6-5-9(22)21(12)11-4-2-8-24-11/h10-11H,1-8H2/q+1. The zero-order valence-corrected chi connectivity index (χ0v) is 14.0. The Bertz CT molecular complexity index is 557. The first-order valence-electron chi connectivity index (χ1n) is 8.03. The molecule has 3 rings (SSSR count). The van der Waals surface area contributed by atoms with Gasteiger partial charge >= 0.3 is 22.5 Å². The highest BCUT2D eigenvalue weighted by molar-refractivity contribution is 8.14. The minimum absolute atomic E-state index is 0.0152. The van der Waals surface area contributed by atoms with Gasteiger partial charge in [-0.2, -0.15) is 26.9 Å². The maximum Gasteiger partial charge on any atom is 0.464 e. The predicted molar refractivity (Wildman–Crippen MR) is 78.1 cm³/mol. The summed E-state index contributed by atoms with van der Waals surface area (Å²) in [5.74, 6) is -0.512. The summed E-state index contributed by atoms with van der Waals surface area (Å²) in [6, 6.07) is 0. The van der Waals surface area contributed by atoms with Gasteiger partial charge in [0.05, 0.1) is 26.2 Å². The lowest BCUT2D eigenvalue weighted by Gasteiger charge is -2.31. The van der Waals surface area contributed by atoms with E-state index in [9.17, 15) is 26.7 Å². The van der Waals surface area contributed by atoms with Crippen LogP contribution in [0.4, 0.5) is 22.0 Å². The number of nitrogens with zero attached hydrogens (tertiary/aromatic N) is 2. The van der Waals surface area contributed by atoms with Crippen LogP contribution in [0.25, 0.3) is 0 Å². The van der Waals surface area contributed by atoms with Crippen molar-refractivity contribution in [2.75, 3.05) is 19.8 Å². The normalized spacial score (nSPS) is 29.0. The molecule has 11 heteroatoms. The van der Waals surface area contributed by atoms with Crippen LogP contribution in [-0.4, -0.2) is 64.2 Å². The van der Waals surface area contributed by atoms with Gasteiger partial charge in [0.25, 0.3) is 0 Å². The van der Waals surface area contributed by atoms with Crippen molar-refractivity contribution in [1.29, 1.82) is 0 Å². The largest absolute Gasteiger partial charge is 0.464 e. The van der Waals surface area contributed by atoms with Crippen LogP contribution in [0.5, 0.6) is 0 Å². The summed E-state index contributed by atoms with van der Waals surface area (Å²) in [7, 11) is 0. The van der Waals surface area contributed by atoms with E-state index in [2.05, 4.69) is 0 Å². The number of halogens is 5. The van der Waals surface area contributed by atoms with E-state index < -0.39 is 46.7 Å². The molecule has 0 aromatic heterocycles. The quantitative estimate of drug-likeness (QED) is 0.550. The fourth-order valence-electron chi connectivity index (χ4n) is 3.08. The molecule has 0 aromatic rings. The Labute approximate surface area is 145 Å². The van der Waals surface area contributed by atoms with Crippen molar-refractivity contribution in [1.82, 2.24) is 4.90 Å².